The largest absolute Gasteiger partial charge is 0.384 e. The molecule has 2 rings (SSSR count). The number of hydrogen-bond donors (Lipinski definition) is 1. The van der Waals surface area contributed by atoms with Crippen molar-refractivity contribution in [2.45, 2.75) is 25.4 Å². The Morgan fingerprint density at radius 2 is 2.33 bits per heavy atom. The van der Waals surface area contributed by atoms with E-state index in [1.165, 1.54) is 5.56 Å². The van der Waals surface area contributed by atoms with Crippen LogP contribution in [0.3, 0.4) is 0 Å². The van der Waals surface area contributed by atoms with E-state index in [1.807, 2.05) is 19.1 Å². The number of fused-ring (bicyclic) bond motifs is 1. The van der Waals surface area contributed by atoms with Gasteiger partial charge in [0.05, 0.1) is 5.69 Å². The molecular weight excluding hydrogens is 218 g/mol. The molecule has 1 atom stereocenters. The number of halogens is 1. The van der Waals surface area contributed by atoms with Gasteiger partial charge in [-0.2, -0.15) is 0 Å². The van der Waals surface area contributed by atoms with Gasteiger partial charge < -0.3 is 5.11 Å². The van der Waals surface area contributed by atoms with Crippen molar-refractivity contribution >= 4 is 15.9 Å². The standard InChI is InChI=1S/C9H10BrNO/c1-9(12)5-4-6-2-3-7(10)11-8(6)9/h2-3,12H,4-5H2,1H3/t9-/m1/s1. The zero-order chi connectivity index (χ0) is 8.77. The molecule has 1 N–H and O–H groups in total. The van der Waals surface area contributed by atoms with Gasteiger partial charge in [0, 0.05) is 0 Å². The Hall–Kier alpha value is -0.410. The summed E-state index contributed by atoms with van der Waals surface area (Å²) in [6, 6.07) is 3.94. The Morgan fingerprint density at radius 3 is 3.08 bits per heavy atom. The first kappa shape index (κ1) is 8.20. The maximum Gasteiger partial charge on any atom is 0.106 e. The highest BCUT2D eigenvalue weighted by molar-refractivity contribution is 9.10. The molecule has 2 nitrogen and oxygen atoms in total. The average Bonchev–Trinajstić information content (AvgIpc) is 2.28. The van der Waals surface area contributed by atoms with Crippen molar-refractivity contribution in [2.24, 2.45) is 0 Å². The second kappa shape index (κ2) is 2.54. The Balaban J connectivity index is 2.57. The van der Waals surface area contributed by atoms with Crippen LogP contribution in [0.25, 0.3) is 0 Å². The van der Waals surface area contributed by atoms with Crippen LogP contribution in [-0.4, -0.2) is 10.1 Å². The number of rotatable bonds is 0. The molecule has 3 heteroatoms. The fourth-order valence-corrected chi connectivity index (χ4v) is 1.94. The molecule has 0 aliphatic heterocycles. The normalized spacial score (nSPS) is 27.2. The minimum atomic E-state index is -0.723. The van der Waals surface area contributed by atoms with Crippen LogP contribution < -0.4 is 0 Å². The van der Waals surface area contributed by atoms with Crippen molar-refractivity contribution in [1.29, 1.82) is 0 Å². The van der Waals surface area contributed by atoms with Gasteiger partial charge in [0.2, 0.25) is 0 Å². The molecule has 1 aromatic rings. The summed E-state index contributed by atoms with van der Waals surface area (Å²) in [5.41, 5.74) is 1.28. The van der Waals surface area contributed by atoms with Gasteiger partial charge >= 0.3 is 0 Å². The second-order valence-corrected chi connectivity index (χ2v) is 4.23. The maximum atomic E-state index is 9.89. The summed E-state index contributed by atoms with van der Waals surface area (Å²) in [6.07, 6.45) is 1.72. The van der Waals surface area contributed by atoms with Crippen LogP contribution >= 0.6 is 15.9 Å². The predicted molar refractivity (Wildman–Crippen MR) is 49.8 cm³/mol. The lowest BCUT2D eigenvalue weighted by Gasteiger charge is -2.15. The molecular formula is C9H10BrNO. The molecule has 0 radical (unpaired) electrons. The van der Waals surface area contributed by atoms with E-state index in [-0.39, 0.29) is 0 Å². The average molecular weight is 228 g/mol. The summed E-state index contributed by atoms with van der Waals surface area (Å²) < 4.78 is 0.795. The van der Waals surface area contributed by atoms with E-state index in [0.717, 1.165) is 23.1 Å². The van der Waals surface area contributed by atoms with Crippen molar-refractivity contribution in [1.82, 2.24) is 4.98 Å². The number of aliphatic hydroxyl groups is 1. The number of aryl methyl sites for hydroxylation is 1. The van der Waals surface area contributed by atoms with E-state index in [9.17, 15) is 5.11 Å². The lowest BCUT2D eigenvalue weighted by Crippen LogP contribution is -2.18. The van der Waals surface area contributed by atoms with Gasteiger partial charge in [0.1, 0.15) is 10.2 Å². The SMILES string of the molecule is C[C@@]1(O)CCc2ccc(Br)nc21. The molecule has 0 saturated carbocycles. The van der Waals surface area contributed by atoms with Crippen LogP contribution in [0.1, 0.15) is 24.6 Å². The summed E-state index contributed by atoms with van der Waals surface area (Å²) in [5, 5.41) is 9.89. The van der Waals surface area contributed by atoms with Crippen LogP contribution in [0.2, 0.25) is 0 Å². The Kier molecular flexibility index (Phi) is 1.73. The maximum absolute atomic E-state index is 9.89. The van der Waals surface area contributed by atoms with Gasteiger partial charge in [0.15, 0.2) is 0 Å². The second-order valence-electron chi connectivity index (χ2n) is 3.42. The van der Waals surface area contributed by atoms with E-state index in [1.54, 1.807) is 0 Å². The van der Waals surface area contributed by atoms with Crippen molar-refractivity contribution in [3.63, 3.8) is 0 Å². The fourth-order valence-electron chi connectivity index (χ4n) is 1.63. The number of nitrogens with zero attached hydrogens (tertiary/aromatic N) is 1. The monoisotopic (exact) mass is 227 g/mol. The molecule has 0 unspecified atom stereocenters. The minimum Gasteiger partial charge on any atom is -0.384 e. The van der Waals surface area contributed by atoms with Gasteiger partial charge in [-0.3, -0.25) is 0 Å². The molecule has 1 aliphatic rings. The molecule has 1 heterocycles. The molecule has 0 bridgehead atoms. The lowest BCUT2D eigenvalue weighted by atomic mass is 10.0. The molecule has 64 valence electrons. The zero-order valence-electron chi connectivity index (χ0n) is 6.84. The van der Waals surface area contributed by atoms with Gasteiger partial charge in [-0.05, 0) is 47.3 Å². The van der Waals surface area contributed by atoms with E-state index in [0.29, 0.717) is 0 Å². The minimum absolute atomic E-state index is 0.723. The fraction of sp³-hybridized carbons (Fsp3) is 0.444. The summed E-state index contributed by atoms with van der Waals surface area (Å²) in [5.74, 6) is 0. The van der Waals surface area contributed by atoms with Crippen LogP contribution in [0.4, 0.5) is 0 Å². The summed E-state index contributed by atoms with van der Waals surface area (Å²) >= 11 is 3.29. The Bertz CT molecular complexity index is 322. The topological polar surface area (TPSA) is 33.1 Å². The van der Waals surface area contributed by atoms with Crippen LogP contribution in [-0.2, 0) is 12.0 Å². The van der Waals surface area contributed by atoms with Crippen LogP contribution in [0, 0.1) is 0 Å². The van der Waals surface area contributed by atoms with Crippen molar-refractivity contribution in [3.8, 4) is 0 Å². The first-order valence-corrected chi connectivity index (χ1v) is 4.77. The molecule has 0 amide bonds. The van der Waals surface area contributed by atoms with Crippen molar-refractivity contribution in [3.05, 3.63) is 28.0 Å². The van der Waals surface area contributed by atoms with Gasteiger partial charge in [-0.1, -0.05) is 6.07 Å². The Morgan fingerprint density at radius 1 is 1.58 bits per heavy atom. The highest BCUT2D eigenvalue weighted by Crippen LogP contribution is 2.35. The Labute approximate surface area is 79.8 Å². The smallest absolute Gasteiger partial charge is 0.106 e. The third kappa shape index (κ3) is 1.17. The highest BCUT2D eigenvalue weighted by Gasteiger charge is 2.33. The van der Waals surface area contributed by atoms with E-state index < -0.39 is 5.60 Å². The summed E-state index contributed by atoms with van der Waals surface area (Å²) in [4.78, 5) is 4.27. The molecule has 0 saturated heterocycles. The molecule has 0 aromatic carbocycles. The molecule has 0 fully saturated rings. The lowest BCUT2D eigenvalue weighted by molar-refractivity contribution is 0.0552. The zero-order valence-corrected chi connectivity index (χ0v) is 8.43. The summed E-state index contributed by atoms with van der Waals surface area (Å²) in [6.45, 7) is 1.82. The third-order valence-electron chi connectivity index (χ3n) is 2.34. The quantitative estimate of drug-likeness (QED) is 0.689. The van der Waals surface area contributed by atoms with Crippen LogP contribution in [0.15, 0.2) is 16.7 Å². The molecule has 1 aromatic heterocycles. The van der Waals surface area contributed by atoms with E-state index in [2.05, 4.69) is 20.9 Å². The van der Waals surface area contributed by atoms with E-state index >= 15 is 0 Å². The van der Waals surface area contributed by atoms with Crippen LogP contribution in [0.5, 0.6) is 0 Å². The molecule has 1 aliphatic carbocycles. The van der Waals surface area contributed by atoms with Gasteiger partial charge in [-0.25, -0.2) is 4.98 Å². The predicted octanol–water partition coefficient (Wildman–Crippen LogP) is 2.00. The van der Waals surface area contributed by atoms with Crippen molar-refractivity contribution < 1.29 is 5.11 Å². The van der Waals surface area contributed by atoms with Crippen molar-refractivity contribution in [2.75, 3.05) is 0 Å². The molecule has 12 heavy (non-hydrogen) atoms. The first-order valence-electron chi connectivity index (χ1n) is 3.98. The summed E-state index contributed by atoms with van der Waals surface area (Å²) in [7, 11) is 0. The number of aromatic nitrogens is 1. The number of hydrogen-bond acceptors (Lipinski definition) is 2. The van der Waals surface area contributed by atoms with Gasteiger partial charge in [-0.15, -0.1) is 0 Å². The first-order chi connectivity index (χ1) is 5.59. The third-order valence-corrected chi connectivity index (χ3v) is 2.78. The van der Waals surface area contributed by atoms with E-state index in [4.69, 9.17) is 0 Å². The molecule has 0 spiro atoms. The number of pyridine rings is 1. The highest BCUT2D eigenvalue weighted by atomic mass is 79.9. The van der Waals surface area contributed by atoms with Gasteiger partial charge in [0.25, 0.3) is 0 Å².